The zero-order chi connectivity index (χ0) is 13.7. The third kappa shape index (κ3) is 3.56. The monoisotopic (exact) mass is 263 g/mol. The number of rotatable bonds is 6. The van der Waals surface area contributed by atoms with E-state index < -0.39 is 5.97 Å². The van der Waals surface area contributed by atoms with E-state index in [9.17, 15) is 4.79 Å². The first-order valence-electron chi connectivity index (χ1n) is 5.58. The lowest BCUT2D eigenvalue weighted by atomic mass is 10.2. The average Bonchev–Trinajstić information content (AvgIpc) is 2.88. The molecule has 100 valence electrons. The van der Waals surface area contributed by atoms with Crippen LogP contribution in [-0.4, -0.2) is 23.3 Å². The third-order valence-electron chi connectivity index (χ3n) is 2.43. The molecule has 0 fully saturated rings. The van der Waals surface area contributed by atoms with Gasteiger partial charge in [0, 0.05) is 6.07 Å². The van der Waals surface area contributed by atoms with Gasteiger partial charge in [-0.05, 0) is 17.7 Å². The van der Waals surface area contributed by atoms with E-state index in [1.807, 2.05) is 24.3 Å². The fourth-order valence-electron chi connectivity index (χ4n) is 1.51. The van der Waals surface area contributed by atoms with Crippen molar-refractivity contribution < 1.29 is 23.9 Å². The van der Waals surface area contributed by atoms with Crippen molar-refractivity contribution >= 4 is 5.97 Å². The van der Waals surface area contributed by atoms with Crippen LogP contribution in [0.1, 0.15) is 21.8 Å². The van der Waals surface area contributed by atoms with Crippen molar-refractivity contribution in [2.75, 3.05) is 7.11 Å². The number of carbonyl (C=O) groups is 1. The summed E-state index contributed by atoms with van der Waals surface area (Å²) >= 11 is 0. The largest absolute Gasteiger partial charge is 0.497 e. The van der Waals surface area contributed by atoms with Gasteiger partial charge < -0.3 is 19.1 Å². The first-order valence-corrected chi connectivity index (χ1v) is 5.58. The van der Waals surface area contributed by atoms with Crippen molar-refractivity contribution in [1.82, 2.24) is 5.16 Å². The van der Waals surface area contributed by atoms with Gasteiger partial charge in [0.15, 0.2) is 11.5 Å². The zero-order valence-electron chi connectivity index (χ0n) is 10.3. The van der Waals surface area contributed by atoms with Gasteiger partial charge in [0.05, 0.1) is 13.7 Å². The van der Waals surface area contributed by atoms with Crippen LogP contribution >= 0.6 is 0 Å². The molecule has 0 saturated heterocycles. The maximum absolute atomic E-state index is 10.6. The van der Waals surface area contributed by atoms with Gasteiger partial charge in [-0.2, -0.15) is 0 Å². The summed E-state index contributed by atoms with van der Waals surface area (Å²) in [6.07, 6.45) is 0. The molecule has 1 aromatic heterocycles. The predicted molar refractivity (Wildman–Crippen MR) is 64.9 cm³/mol. The molecular formula is C13H13NO5. The highest BCUT2D eigenvalue weighted by molar-refractivity contribution is 5.85. The molecule has 2 aromatic rings. The molecule has 0 aliphatic heterocycles. The topological polar surface area (TPSA) is 81.8 Å². The smallest absolute Gasteiger partial charge is 0.358 e. The van der Waals surface area contributed by atoms with E-state index in [4.69, 9.17) is 19.1 Å². The summed E-state index contributed by atoms with van der Waals surface area (Å²) in [5, 5.41) is 12.1. The zero-order valence-corrected chi connectivity index (χ0v) is 10.3. The minimum absolute atomic E-state index is 0.125. The van der Waals surface area contributed by atoms with Gasteiger partial charge in [0.25, 0.3) is 0 Å². The van der Waals surface area contributed by atoms with Gasteiger partial charge >= 0.3 is 5.97 Å². The molecule has 0 bridgehead atoms. The van der Waals surface area contributed by atoms with Crippen molar-refractivity contribution in [3.63, 3.8) is 0 Å². The first kappa shape index (κ1) is 13.1. The summed E-state index contributed by atoms with van der Waals surface area (Å²) < 4.78 is 15.3. The van der Waals surface area contributed by atoms with Gasteiger partial charge in [-0.1, -0.05) is 17.3 Å². The Hall–Kier alpha value is -2.34. The molecule has 0 radical (unpaired) electrons. The first-order chi connectivity index (χ1) is 9.19. The molecule has 0 spiro atoms. The van der Waals surface area contributed by atoms with Crippen molar-refractivity contribution in [2.45, 2.75) is 13.2 Å². The summed E-state index contributed by atoms with van der Waals surface area (Å²) in [6, 6.07) is 8.83. The Morgan fingerprint density at radius 1 is 1.37 bits per heavy atom. The Balaban J connectivity index is 1.86. The van der Waals surface area contributed by atoms with Crippen molar-refractivity contribution in [3.05, 3.63) is 47.3 Å². The molecule has 1 heterocycles. The van der Waals surface area contributed by atoms with E-state index in [1.54, 1.807) is 7.11 Å². The summed E-state index contributed by atoms with van der Waals surface area (Å²) in [6.45, 7) is 0.539. The van der Waals surface area contributed by atoms with Crippen LogP contribution < -0.4 is 4.74 Å². The van der Waals surface area contributed by atoms with Gasteiger partial charge in [0.2, 0.25) is 0 Å². The molecule has 6 heteroatoms. The van der Waals surface area contributed by atoms with Crippen LogP contribution in [-0.2, 0) is 18.0 Å². The van der Waals surface area contributed by atoms with Gasteiger partial charge in [-0.15, -0.1) is 0 Å². The van der Waals surface area contributed by atoms with Gasteiger partial charge in [-0.3, -0.25) is 0 Å². The van der Waals surface area contributed by atoms with E-state index in [0.717, 1.165) is 11.3 Å². The SMILES string of the molecule is COc1cccc(COCc2cc(C(=O)O)no2)c1. The molecule has 6 nitrogen and oxygen atoms in total. The van der Waals surface area contributed by atoms with Crippen LogP contribution in [0.4, 0.5) is 0 Å². The highest BCUT2D eigenvalue weighted by Crippen LogP contribution is 2.14. The molecule has 0 aliphatic rings. The molecule has 0 atom stereocenters. The Kier molecular flexibility index (Phi) is 4.15. The van der Waals surface area contributed by atoms with Gasteiger partial charge in [-0.25, -0.2) is 4.79 Å². The molecule has 0 aliphatic carbocycles. The van der Waals surface area contributed by atoms with E-state index in [0.29, 0.717) is 12.4 Å². The predicted octanol–water partition coefficient (Wildman–Crippen LogP) is 2.10. The van der Waals surface area contributed by atoms with Crippen LogP contribution in [0.2, 0.25) is 0 Å². The van der Waals surface area contributed by atoms with Crippen molar-refractivity contribution in [2.24, 2.45) is 0 Å². The van der Waals surface area contributed by atoms with Gasteiger partial charge in [0.1, 0.15) is 12.4 Å². The van der Waals surface area contributed by atoms with Crippen LogP contribution in [0.5, 0.6) is 5.75 Å². The molecule has 0 unspecified atom stereocenters. The molecule has 19 heavy (non-hydrogen) atoms. The summed E-state index contributed by atoms with van der Waals surface area (Å²) in [4.78, 5) is 10.6. The Bertz CT molecular complexity index is 564. The van der Waals surface area contributed by atoms with Crippen molar-refractivity contribution in [1.29, 1.82) is 0 Å². The van der Waals surface area contributed by atoms with E-state index in [-0.39, 0.29) is 12.3 Å². The fraction of sp³-hybridized carbons (Fsp3) is 0.231. The second kappa shape index (κ2) is 6.01. The second-order valence-corrected chi connectivity index (χ2v) is 3.83. The lowest BCUT2D eigenvalue weighted by Crippen LogP contribution is -1.95. The Morgan fingerprint density at radius 2 is 2.21 bits per heavy atom. The minimum Gasteiger partial charge on any atom is -0.497 e. The number of benzene rings is 1. The van der Waals surface area contributed by atoms with Crippen LogP contribution in [0, 0.1) is 0 Å². The quantitative estimate of drug-likeness (QED) is 0.859. The fourth-order valence-corrected chi connectivity index (χ4v) is 1.51. The lowest BCUT2D eigenvalue weighted by Gasteiger charge is -2.04. The molecular weight excluding hydrogens is 250 g/mol. The minimum atomic E-state index is -1.12. The highest BCUT2D eigenvalue weighted by atomic mass is 16.5. The number of carboxylic acids is 1. The summed E-state index contributed by atoms with van der Waals surface area (Å²) in [7, 11) is 1.60. The molecule has 1 N–H and O–H groups in total. The van der Waals surface area contributed by atoms with E-state index in [1.165, 1.54) is 6.07 Å². The molecule has 0 saturated carbocycles. The number of carboxylic acid groups (broad SMARTS) is 1. The Labute approximate surface area is 109 Å². The normalized spacial score (nSPS) is 10.4. The lowest BCUT2D eigenvalue weighted by molar-refractivity contribution is 0.0683. The number of nitrogens with zero attached hydrogens (tertiary/aromatic N) is 1. The molecule has 2 rings (SSSR count). The summed E-state index contributed by atoms with van der Waals surface area (Å²) in [5.41, 5.74) is 0.831. The van der Waals surface area contributed by atoms with Crippen LogP contribution in [0.25, 0.3) is 0 Å². The number of ether oxygens (including phenoxy) is 2. The third-order valence-corrected chi connectivity index (χ3v) is 2.43. The summed E-state index contributed by atoms with van der Waals surface area (Å²) in [5.74, 6) is 0.0111. The second-order valence-electron chi connectivity index (χ2n) is 3.83. The number of hydrogen-bond acceptors (Lipinski definition) is 5. The van der Waals surface area contributed by atoms with Crippen molar-refractivity contribution in [3.8, 4) is 5.75 Å². The maximum atomic E-state index is 10.6. The standard InChI is InChI=1S/C13H13NO5/c1-17-10-4-2-3-9(5-10)7-18-8-11-6-12(13(15)16)14-19-11/h2-6H,7-8H2,1H3,(H,15,16). The number of aromatic nitrogens is 1. The number of hydrogen-bond donors (Lipinski definition) is 1. The van der Waals surface area contributed by atoms with E-state index in [2.05, 4.69) is 5.16 Å². The van der Waals surface area contributed by atoms with Crippen LogP contribution in [0.15, 0.2) is 34.9 Å². The average molecular weight is 263 g/mol. The number of aromatic carboxylic acids is 1. The van der Waals surface area contributed by atoms with E-state index >= 15 is 0 Å². The highest BCUT2D eigenvalue weighted by Gasteiger charge is 2.10. The number of methoxy groups -OCH3 is 1. The Morgan fingerprint density at radius 3 is 2.89 bits per heavy atom. The molecule has 1 aromatic carbocycles. The van der Waals surface area contributed by atoms with Crippen LogP contribution in [0.3, 0.4) is 0 Å². The maximum Gasteiger partial charge on any atom is 0.358 e. The molecule has 0 amide bonds.